The number of aromatic nitrogens is 1. The minimum absolute atomic E-state index is 0.114. The maximum Gasteiger partial charge on any atom is 0.312 e. The first-order chi connectivity index (χ1) is 6.72. The summed E-state index contributed by atoms with van der Waals surface area (Å²) in [7, 11) is 0. The number of nitrogens with one attached hydrogen (secondary N) is 1. The average molecular weight is 213 g/mol. The zero-order valence-electron chi connectivity index (χ0n) is 8.19. The van der Waals surface area contributed by atoms with E-state index in [4.69, 9.17) is 5.73 Å². The van der Waals surface area contributed by atoms with Gasteiger partial charge in [-0.05, 0) is 6.42 Å². The molecule has 5 heteroatoms. The van der Waals surface area contributed by atoms with Gasteiger partial charge < -0.3 is 11.1 Å². The van der Waals surface area contributed by atoms with E-state index >= 15 is 0 Å². The van der Waals surface area contributed by atoms with Gasteiger partial charge in [-0.2, -0.15) is 0 Å². The number of nitrogens with zero attached hydrogens (tertiary/aromatic N) is 1. The molecule has 0 spiro atoms. The lowest BCUT2D eigenvalue weighted by Gasteiger charge is -2.14. The third kappa shape index (κ3) is 3.74. The van der Waals surface area contributed by atoms with Crippen LogP contribution in [0.3, 0.4) is 0 Å². The van der Waals surface area contributed by atoms with Crippen LogP contribution in [0, 0.1) is 0 Å². The van der Waals surface area contributed by atoms with Gasteiger partial charge in [0.1, 0.15) is 0 Å². The Morgan fingerprint density at radius 2 is 2.57 bits per heavy atom. The summed E-state index contributed by atoms with van der Waals surface area (Å²) < 4.78 is 0. The second-order valence-corrected chi connectivity index (χ2v) is 4.10. The molecular weight excluding hydrogens is 198 g/mol. The third-order valence-electron chi connectivity index (χ3n) is 1.89. The topological polar surface area (TPSA) is 68.0 Å². The largest absolute Gasteiger partial charge is 0.352 e. The van der Waals surface area contributed by atoms with Gasteiger partial charge in [-0.3, -0.25) is 0 Å². The molecular formula is C9H15N3OS. The summed E-state index contributed by atoms with van der Waals surface area (Å²) in [5.41, 5.74) is 5.09. The Morgan fingerprint density at radius 3 is 3.07 bits per heavy atom. The van der Waals surface area contributed by atoms with E-state index in [0.29, 0.717) is 0 Å². The van der Waals surface area contributed by atoms with Crippen molar-refractivity contribution >= 4 is 17.4 Å². The predicted octanol–water partition coefficient (Wildman–Crippen LogP) is 1.52. The van der Waals surface area contributed by atoms with Crippen molar-refractivity contribution in [2.75, 3.05) is 0 Å². The Hall–Kier alpha value is -1.10. The van der Waals surface area contributed by atoms with Crippen LogP contribution in [-0.4, -0.2) is 17.1 Å². The SMILES string of the molecule is CCCC(Cc1nccs1)NC(N)=O. The highest BCUT2D eigenvalue weighted by atomic mass is 32.1. The van der Waals surface area contributed by atoms with E-state index in [1.165, 1.54) is 0 Å². The molecule has 0 fully saturated rings. The van der Waals surface area contributed by atoms with Crippen LogP contribution in [0.15, 0.2) is 11.6 Å². The van der Waals surface area contributed by atoms with Crippen LogP contribution in [0.5, 0.6) is 0 Å². The molecule has 1 aromatic heterocycles. The lowest BCUT2D eigenvalue weighted by atomic mass is 10.1. The molecule has 1 unspecified atom stereocenters. The van der Waals surface area contributed by atoms with Gasteiger partial charge in [0.15, 0.2) is 0 Å². The van der Waals surface area contributed by atoms with Gasteiger partial charge in [-0.15, -0.1) is 11.3 Å². The highest BCUT2D eigenvalue weighted by molar-refractivity contribution is 7.09. The minimum atomic E-state index is -0.458. The van der Waals surface area contributed by atoms with Gasteiger partial charge in [-0.1, -0.05) is 13.3 Å². The molecule has 1 rings (SSSR count). The zero-order valence-corrected chi connectivity index (χ0v) is 9.01. The zero-order chi connectivity index (χ0) is 10.4. The second kappa shape index (κ2) is 5.59. The highest BCUT2D eigenvalue weighted by Crippen LogP contribution is 2.10. The number of nitrogens with two attached hydrogens (primary N) is 1. The molecule has 0 aliphatic rings. The van der Waals surface area contributed by atoms with Gasteiger partial charge in [0.2, 0.25) is 0 Å². The lowest BCUT2D eigenvalue weighted by molar-refractivity contribution is 0.244. The van der Waals surface area contributed by atoms with Crippen LogP contribution in [0.1, 0.15) is 24.8 Å². The number of carbonyl (C=O) groups excluding carboxylic acids is 1. The number of urea groups is 1. The number of thiazole rings is 1. The molecule has 0 saturated carbocycles. The average Bonchev–Trinajstić information content (AvgIpc) is 2.56. The number of rotatable bonds is 5. The van der Waals surface area contributed by atoms with Crippen molar-refractivity contribution in [3.8, 4) is 0 Å². The van der Waals surface area contributed by atoms with Crippen LogP contribution < -0.4 is 11.1 Å². The molecule has 1 atom stereocenters. The summed E-state index contributed by atoms with van der Waals surface area (Å²) in [6.07, 6.45) is 4.50. The van der Waals surface area contributed by atoms with Gasteiger partial charge in [-0.25, -0.2) is 9.78 Å². The van der Waals surface area contributed by atoms with Crippen molar-refractivity contribution in [3.05, 3.63) is 16.6 Å². The molecule has 1 heterocycles. The number of hydrogen-bond acceptors (Lipinski definition) is 3. The van der Waals surface area contributed by atoms with Crippen LogP contribution in [0.25, 0.3) is 0 Å². The van der Waals surface area contributed by atoms with E-state index in [2.05, 4.69) is 17.2 Å². The smallest absolute Gasteiger partial charge is 0.312 e. The fraction of sp³-hybridized carbons (Fsp3) is 0.556. The van der Waals surface area contributed by atoms with Gasteiger partial charge >= 0.3 is 6.03 Å². The number of amides is 2. The fourth-order valence-electron chi connectivity index (χ4n) is 1.34. The molecule has 3 N–H and O–H groups in total. The molecule has 78 valence electrons. The molecule has 0 saturated heterocycles. The van der Waals surface area contributed by atoms with Crippen LogP contribution >= 0.6 is 11.3 Å². The number of hydrogen-bond donors (Lipinski definition) is 2. The van der Waals surface area contributed by atoms with E-state index in [9.17, 15) is 4.79 Å². The summed E-state index contributed by atoms with van der Waals surface area (Å²) in [6, 6.07) is -0.344. The second-order valence-electron chi connectivity index (χ2n) is 3.12. The Kier molecular flexibility index (Phi) is 4.39. The first kappa shape index (κ1) is 11.0. The Labute approximate surface area is 87.5 Å². The molecule has 0 aliphatic carbocycles. The normalized spacial score (nSPS) is 12.4. The minimum Gasteiger partial charge on any atom is -0.352 e. The molecule has 2 amide bonds. The molecule has 0 radical (unpaired) electrons. The van der Waals surface area contributed by atoms with Gasteiger partial charge in [0.05, 0.1) is 5.01 Å². The van der Waals surface area contributed by atoms with Crippen LogP contribution in [0.2, 0.25) is 0 Å². The summed E-state index contributed by atoms with van der Waals surface area (Å²) in [5.74, 6) is 0. The highest BCUT2D eigenvalue weighted by Gasteiger charge is 2.11. The summed E-state index contributed by atoms with van der Waals surface area (Å²) in [5, 5.41) is 5.70. The molecule has 14 heavy (non-hydrogen) atoms. The van der Waals surface area contributed by atoms with Gasteiger partial charge in [0.25, 0.3) is 0 Å². The summed E-state index contributed by atoms with van der Waals surface area (Å²) >= 11 is 1.60. The van der Waals surface area contributed by atoms with E-state index in [1.54, 1.807) is 17.5 Å². The van der Waals surface area contributed by atoms with Crippen molar-refractivity contribution < 1.29 is 4.79 Å². The quantitative estimate of drug-likeness (QED) is 0.778. The number of carbonyl (C=O) groups is 1. The first-order valence-corrected chi connectivity index (χ1v) is 5.54. The van der Waals surface area contributed by atoms with Crippen molar-refractivity contribution in [1.82, 2.24) is 10.3 Å². The fourth-order valence-corrected chi connectivity index (χ4v) is 2.04. The van der Waals surface area contributed by atoms with E-state index in [1.807, 2.05) is 5.38 Å². The number of primary amides is 1. The Morgan fingerprint density at radius 1 is 1.79 bits per heavy atom. The lowest BCUT2D eigenvalue weighted by Crippen LogP contribution is -2.39. The van der Waals surface area contributed by atoms with Crippen molar-refractivity contribution in [1.29, 1.82) is 0 Å². The molecule has 0 aromatic carbocycles. The summed E-state index contributed by atoms with van der Waals surface area (Å²) in [4.78, 5) is 14.9. The molecule has 4 nitrogen and oxygen atoms in total. The van der Waals surface area contributed by atoms with Crippen molar-refractivity contribution in [2.45, 2.75) is 32.2 Å². The van der Waals surface area contributed by atoms with E-state index < -0.39 is 6.03 Å². The first-order valence-electron chi connectivity index (χ1n) is 4.66. The van der Waals surface area contributed by atoms with Crippen LogP contribution in [-0.2, 0) is 6.42 Å². The Balaban J connectivity index is 2.46. The van der Waals surface area contributed by atoms with Crippen molar-refractivity contribution in [2.24, 2.45) is 5.73 Å². The van der Waals surface area contributed by atoms with Gasteiger partial charge in [0, 0.05) is 24.0 Å². The third-order valence-corrected chi connectivity index (χ3v) is 2.69. The molecule has 1 aromatic rings. The van der Waals surface area contributed by atoms with E-state index in [-0.39, 0.29) is 6.04 Å². The standard InChI is InChI=1S/C9H15N3OS/c1-2-3-7(12-9(10)13)6-8-11-4-5-14-8/h4-5,7H,2-3,6H2,1H3,(H3,10,12,13). The van der Waals surface area contributed by atoms with E-state index in [0.717, 1.165) is 24.3 Å². The Bertz CT molecular complexity index is 274. The molecule has 0 aliphatic heterocycles. The maximum absolute atomic E-state index is 10.7. The summed E-state index contributed by atoms with van der Waals surface area (Å²) in [6.45, 7) is 2.08. The maximum atomic E-state index is 10.7. The predicted molar refractivity (Wildman–Crippen MR) is 57.2 cm³/mol. The monoisotopic (exact) mass is 213 g/mol. The van der Waals surface area contributed by atoms with Crippen LogP contribution in [0.4, 0.5) is 4.79 Å². The molecule has 0 bridgehead atoms. The van der Waals surface area contributed by atoms with Crippen molar-refractivity contribution in [3.63, 3.8) is 0 Å².